The third-order valence-electron chi connectivity index (χ3n) is 7.69. The van der Waals surface area contributed by atoms with Gasteiger partial charge in [-0.05, 0) is 78.4 Å². The van der Waals surface area contributed by atoms with Crippen molar-refractivity contribution in [3.63, 3.8) is 0 Å². The molecule has 8 heteroatoms. The summed E-state index contributed by atoms with van der Waals surface area (Å²) < 4.78 is 19.1. The second-order valence-corrected chi connectivity index (χ2v) is 10.0. The molecular formula is C30H24FN5O2. The molecule has 0 bridgehead atoms. The van der Waals surface area contributed by atoms with Gasteiger partial charge in [-0.15, -0.1) is 0 Å². The molecule has 1 atom stereocenters. The van der Waals surface area contributed by atoms with E-state index in [-0.39, 0.29) is 17.1 Å². The van der Waals surface area contributed by atoms with Crippen LogP contribution in [0.25, 0.3) is 0 Å². The SMILES string of the molecule is COc1cc(C(=O)N2CCc3cc(F)ccc32)cc(Nc2ccc3c(c2)CC2(C=Nc4ncccc42)C3)n1. The van der Waals surface area contributed by atoms with Crippen molar-refractivity contribution in [1.29, 1.82) is 0 Å². The van der Waals surface area contributed by atoms with Crippen molar-refractivity contribution < 1.29 is 13.9 Å². The number of anilines is 3. The van der Waals surface area contributed by atoms with Crippen LogP contribution < -0.4 is 15.0 Å². The Morgan fingerprint density at radius 3 is 2.84 bits per heavy atom. The molecule has 3 aliphatic rings. The summed E-state index contributed by atoms with van der Waals surface area (Å²) >= 11 is 0. The first-order chi connectivity index (χ1) is 18.5. The first-order valence-corrected chi connectivity index (χ1v) is 12.6. The Hall–Kier alpha value is -4.59. The molecule has 2 aliphatic heterocycles. The molecule has 1 unspecified atom stereocenters. The average Bonchev–Trinajstić information content (AvgIpc) is 3.63. The highest BCUT2D eigenvalue weighted by Gasteiger charge is 2.42. The maximum absolute atomic E-state index is 13.7. The molecule has 7 rings (SSSR count). The van der Waals surface area contributed by atoms with Crippen molar-refractivity contribution in [3.8, 4) is 5.88 Å². The summed E-state index contributed by atoms with van der Waals surface area (Å²) in [6.07, 6.45) is 6.19. The maximum Gasteiger partial charge on any atom is 0.258 e. The molecule has 38 heavy (non-hydrogen) atoms. The molecule has 4 heterocycles. The molecular weight excluding hydrogens is 481 g/mol. The van der Waals surface area contributed by atoms with Crippen LogP contribution in [0.2, 0.25) is 0 Å². The monoisotopic (exact) mass is 505 g/mol. The lowest BCUT2D eigenvalue weighted by atomic mass is 9.81. The average molecular weight is 506 g/mol. The van der Waals surface area contributed by atoms with Gasteiger partial charge in [-0.3, -0.25) is 4.79 Å². The number of nitrogens with zero attached hydrogens (tertiary/aromatic N) is 4. The second-order valence-electron chi connectivity index (χ2n) is 10.0. The van der Waals surface area contributed by atoms with Crippen LogP contribution in [0, 0.1) is 5.82 Å². The third kappa shape index (κ3) is 3.63. The van der Waals surface area contributed by atoms with E-state index in [2.05, 4.69) is 38.5 Å². The van der Waals surface area contributed by atoms with Crippen LogP contribution in [0.15, 0.2) is 71.9 Å². The smallest absolute Gasteiger partial charge is 0.258 e. The Morgan fingerprint density at radius 1 is 1.05 bits per heavy atom. The lowest BCUT2D eigenvalue weighted by Crippen LogP contribution is -2.29. The van der Waals surface area contributed by atoms with Crippen molar-refractivity contribution in [1.82, 2.24) is 9.97 Å². The van der Waals surface area contributed by atoms with Crippen LogP contribution in [-0.2, 0) is 24.7 Å². The number of ether oxygens (including phenoxy) is 1. The molecule has 7 nitrogen and oxygen atoms in total. The number of hydrogen-bond donors (Lipinski definition) is 1. The van der Waals surface area contributed by atoms with Gasteiger partial charge in [0.15, 0.2) is 5.82 Å². The highest BCUT2D eigenvalue weighted by Crippen LogP contribution is 2.45. The molecule has 2 aromatic carbocycles. The molecule has 1 spiro atoms. The van der Waals surface area contributed by atoms with Gasteiger partial charge in [0, 0.05) is 52.9 Å². The number of carbonyl (C=O) groups is 1. The summed E-state index contributed by atoms with van der Waals surface area (Å²) in [4.78, 5) is 28.7. The summed E-state index contributed by atoms with van der Waals surface area (Å²) in [6, 6.07) is 18.3. The van der Waals surface area contributed by atoms with Crippen LogP contribution in [0.5, 0.6) is 5.88 Å². The molecule has 4 aromatic rings. The standard InChI is InChI=1S/C30H24FN5O2/c1-38-27-14-20(29(37)36-10-8-18-11-22(31)5-7-25(18)36)13-26(35-27)34-23-6-4-19-15-30(16-21(19)12-23)17-33-28-24(30)3-2-9-32-28/h2-7,9,11-14,17H,8,10,15-16H2,1H3,(H,34,35). The van der Waals surface area contributed by atoms with E-state index in [0.717, 1.165) is 35.6 Å². The van der Waals surface area contributed by atoms with Gasteiger partial charge in [-0.25, -0.2) is 14.4 Å². The number of pyridine rings is 2. The fourth-order valence-corrected chi connectivity index (χ4v) is 5.89. The van der Waals surface area contributed by atoms with E-state index in [4.69, 9.17) is 4.74 Å². The highest BCUT2D eigenvalue weighted by atomic mass is 19.1. The summed E-state index contributed by atoms with van der Waals surface area (Å²) in [7, 11) is 1.53. The molecule has 1 aliphatic carbocycles. The predicted molar refractivity (Wildman–Crippen MR) is 144 cm³/mol. The first kappa shape index (κ1) is 22.6. The number of aliphatic imine (C=N–C) groups is 1. The second kappa shape index (κ2) is 8.48. The van der Waals surface area contributed by atoms with E-state index in [1.54, 1.807) is 29.3 Å². The zero-order chi connectivity index (χ0) is 25.9. The van der Waals surface area contributed by atoms with E-state index < -0.39 is 0 Å². The number of fused-ring (bicyclic) bond motifs is 4. The molecule has 0 saturated carbocycles. The minimum absolute atomic E-state index is 0.146. The largest absolute Gasteiger partial charge is 0.481 e. The zero-order valence-corrected chi connectivity index (χ0v) is 20.7. The molecule has 0 fully saturated rings. The van der Waals surface area contributed by atoms with Crippen molar-refractivity contribution in [2.24, 2.45) is 4.99 Å². The number of nitrogens with one attached hydrogen (secondary N) is 1. The topological polar surface area (TPSA) is 79.7 Å². The van der Waals surface area contributed by atoms with Gasteiger partial charge in [0.1, 0.15) is 11.6 Å². The van der Waals surface area contributed by atoms with Crippen LogP contribution >= 0.6 is 0 Å². The number of methoxy groups -OCH3 is 1. The Morgan fingerprint density at radius 2 is 1.95 bits per heavy atom. The summed E-state index contributed by atoms with van der Waals surface area (Å²) in [6.45, 7) is 0.500. The number of benzene rings is 2. The van der Waals surface area contributed by atoms with E-state index in [0.29, 0.717) is 30.2 Å². The van der Waals surface area contributed by atoms with Gasteiger partial charge < -0.3 is 15.0 Å². The Kier molecular flexibility index (Phi) is 5.04. The van der Waals surface area contributed by atoms with E-state index in [1.165, 1.54) is 35.9 Å². The third-order valence-corrected chi connectivity index (χ3v) is 7.69. The van der Waals surface area contributed by atoms with Crippen LogP contribution in [0.1, 0.15) is 32.6 Å². The minimum atomic E-state index is -0.295. The van der Waals surface area contributed by atoms with E-state index in [1.807, 2.05) is 18.3 Å². The van der Waals surface area contributed by atoms with E-state index >= 15 is 0 Å². The van der Waals surface area contributed by atoms with Crippen molar-refractivity contribution in [2.45, 2.75) is 24.7 Å². The van der Waals surface area contributed by atoms with Gasteiger partial charge in [-0.1, -0.05) is 12.1 Å². The van der Waals surface area contributed by atoms with Crippen LogP contribution in [0.4, 0.5) is 27.4 Å². The van der Waals surface area contributed by atoms with Crippen molar-refractivity contribution >= 4 is 35.1 Å². The maximum atomic E-state index is 13.7. The summed E-state index contributed by atoms with van der Waals surface area (Å²) in [5.74, 6) is 1.18. The number of carbonyl (C=O) groups excluding carboxylic acids is 1. The van der Waals surface area contributed by atoms with Gasteiger partial charge in [0.25, 0.3) is 5.91 Å². The Bertz CT molecular complexity index is 1650. The molecule has 0 saturated heterocycles. The fraction of sp³-hybridized carbons (Fsp3) is 0.200. The van der Waals surface area contributed by atoms with Crippen LogP contribution in [-0.4, -0.2) is 35.7 Å². The number of hydrogen-bond acceptors (Lipinski definition) is 6. The normalized spacial score (nSPS) is 18.4. The zero-order valence-electron chi connectivity index (χ0n) is 20.7. The van der Waals surface area contributed by atoms with E-state index in [9.17, 15) is 9.18 Å². The first-order valence-electron chi connectivity index (χ1n) is 12.6. The minimum Gasteiger partial charge on any atom is -0.481 e. The highest BCUT2D eigenvalue weighted by molar-refractivity contribution is 6.08. The van der Waals surface area contributed by atoms with Crippen molar-refractivity contribution in [2.75, 3.05) is 23.9 Å². The number of rotatable bonds is 4. The Labute approximate surface area is 219 Å². The number of aromatic nitrogens is 2. The molecule has 0 radical (unpaired) electrons. The fourth-order valence-electron chi connectivity index (χ4n) is 5.89. The van der Waals surface area contributed by atoms with Gasteiger partial charge in [0.05, 0.1) is 7.11 Å². The number of amides is 1. The van der Waals surface area contributed by atoms with Crippen molar-refractivity contribution in [3.05, 3.63) is 100 Å². The quantitative estimate of drug-likeness (QED) is 0.406. The lowest BCUT2D eigenvalue weighted by molar-refractivity contribution is 0.0989. The summed E-state index contributed by atoms with van der Waals surface area (Å²) in [5, 5.41) is 3.36. The Balaban J connectivity index is 1.15. The van der Waals surface area contributed by atoms with Gasteiger partial charge in [0.2, 0.25) is 5.88 Å². The predicted octanol–water partition coefficient (Wildman–Crippen LogP) is 5.32. The molecule has 1 N–H and O–H groups in total. The lowest BCUT2D eigenvalue weighted by Gasteiger charge is -2.20. The van der Waals surface area contributed by atoms with Gasteiger partial charge in [-0.2, -0.15) is 4.98 Å². The van der Waals surface area contributed by atoms with Gasteiger partial charge >= 0.3 is 0 Å². The summed E-state index contributed by atoms with van der Waals surface area (Å²) in [5.41, 5.74) is 6.46. The van der Waals surface area contributed by atoms with Crippen LogP contribution in [0.3, 0.4) is 0 Å². The molecule has 2 aromatic heterocycles. The molecule has 188 valence electrons. The number of halogens is 1. The molecule has 1 amide bonds.